The Labute approximate surface area is 172 Å². The third-order valence-corrected chi connectivity index (χ3v) is 5.27. The zero-order chi connectivity index (χ0) is 21.0. The minimum Gasteiger partial charge on any atom is -0.497 e. The van der Waals surface area contributed by atoms with Gasteiger partial charge in [-0.05, 0) is 67.2 Å². The number of carboxylic acids is 1. The first-order valence-electron chi connectivity index (χ1n) is 8.82. The predicted octanol–water partition coefficient (Wildman–Crippen LogP) is 4.03. The summed E-state index contributed by atoms with van der Waals surface area (Å²) >= 11 is 1.26. The third kappa shape index (κ3) is 4.43. The van der Waals surface area contributed by atoms with E-state index >= 15 is 0 Å². The average Bonchev–Trinajstić information content (AvgIpc) is 3.02. The van der Waals surface area contributed by atoms with Crippen molar-refractivity contribution in [2.75, 3.05) is 20.8 Å². The second-order valence-corrected chi connectivity index (χ2v) is 7.02. The molecule has 1 saturated heterocycles. The molecule has 0 aromatic heterocycles. The number of carboxylic acid groups (broad SMARTS) is 1. The number of amidine groups is 1. The van der Waals surface area contributed by atoms with Gasteiger partial charge in [-0.1, -0.05) is 0 Å². The monoisotopic (exact) mass is 412 g/mol. The molecule has 0 spiro atoms. The van der Waals surface area contributed by atoms with E-state index in [0.717, 1.165) is 5.56 Å². The highest BCUT2D eigenvalue weighted by molar-refractivity contribution is 8.18. The Morgan fingerprint density at radius 2 is 1.90 bits per heavy atom. The maximum atomic E-state index is 12.8. The zero-order valence-electron chi connectivity index (χ0n) is 16.2. The van der Waals surface area contributed by atoms with Crippen molar-refractivity contribution in [3.05, 3.63) is 58.5 Å². The van der Waals surface area contributed by atoms with Crippen LogP contribution in [0.25, 0.3) is 6.08 Å². The van der Waals surface area contributed by atoms with Gasteiger partial charge in [0.15, 0.2) is 5.17 Å². The standard InChI is InChI=1S/C21H20N2O5S/c1-4-23-19(24)18(12-14-11-16(27-2)9-10-17(14)28-3)29-21(23)22-15-7-5-13(6-8-15)20(25)26/h5-12H,4H2,1-3H3,(H,25,26)/b18-12+,22-21?. The number of hydrogen-bond acceptors (Lipinski definition) is 6. The summed E-state index contributed by atoms with van der Waals surface area (Å²) in [5.74, 6) is 0.141. The summed E-state index contributed by atoms with van der Waals surface area (Å²) in [4.78, 5) is 30.5. The number of rotatable bonds is 6. The van der Waals surface area contributed by atoms with E-state index < -0.39 is 5.97 Å². The number of carbonyl (C=O) groups excluding carboxylic acids is 1. The van der Waals surface area contributed by atoms with Gasteiger partial charge in [0.2, 0.25) is 0 Å². The Bertz CT molecular complexity index is 999. The van der Waals surface area contributed by atoms with Gasteiger partial charge in [-0.3, -0.25) is 9.69 Å². The van der Waals surface area contributed by atoms with Crippen LogP contribution in [0.15, 0.2) is 52.4 Å². The first-order chi connectivity index (χ1) is 14.0. The van der Waals surface area contributed by atoms with Gasteiger partial charge in [-0.2, -0.15) is 0 Å². The summed E-state index contributed by atoms with van der Waals surface area (Å²) in [5.41, 5.74) is 1.48. The van der Waals surface area contributed by atoms with Gasteiger partial charge in [0.1, 0.15) is 11.5 Å². The van der Waals surface area contributed by atoms with Crippen LogP contribution in [-0.4, -0.2) is 47.8 Å². The topological polar surface area (TPSA) is 88.4 Å². The van der Waals surface area contributed by atoms with Crippen LogP contribution >= 0.6 is 11.8 Å². The summed E-state index contributed by atoms with van der Waals surface area (Å²) in [7, 11) is 3.15. The average molecular weight is 412 g/mol. The molecule has 8 heteroatoms. The van der Waals surface area contributed by atoms with Crippen LogP contribution in [0.3, 0.4) is 0 Å². The lowest BCUT2D eigenvalue weighted by molar-refractivity contribution is -0.122. The molecule has 0 bridgehead atoms. The Hall–Kier alpha value is -3.26. The second kappa shape index (κ2) is 8.83. The summed E-state index contributed by atoms with van der Waals surface area (Å²) < 4.78 is 10.6. The number of amides is 1. The maximum Gasteiger partial charge on any atom is 0.335 e. The van der Waals surface area contributed by atoms with E-state index in [1.807, 2.05) is 6.92 Å². The predicted molar refractivity (Wildman–Crippen MR) is 113 cm³/mol. The highest BCUT2D eigenvalue weighted by Gasteiger charge is 2.32. The molecule has 150 valence electrons. The van der Waals surface area contributed by atoms with Crippen molar-refractivity contribution in [2.45, 2.75) is 6.92 Å². The van der Waals surface area contributed by atoms with Gasteiger partial charge < -0.3 is 14.6 Å². The van der Waals surface area contributed by atoms with E-state index in [-0.39, 0.29) is 11.5 Å². The molecule has 1 heterocycles. The lowest BCUT2D eigenvalue weighted by Crippen LogP contribution is -2.28. The molecule has 0 radical (unpaired) electrons. The number of ether oxygens (including phenoxy) is 2. The molecule has 1 aliphatic rings. The molecule has 29 heavy (non-hydrogen) atoms. The van der Waals surface area contributed by atoms with E-state index in [2.05, 4.69) is 4.99 Å². The van der Waals surface area contributed by atoms with E-state index in [9.17, 15) is 9.59 Å². The molecule has 7 nitrogen and oxygen atoms in total. The molecule has 0 atom stereocenters. The van der Waals surface area contributed by atoms with Crippen molar-refractivity contribution in [1.82, 2.24) is 4.90 Å². The number of hydrogen-bond donors (Lipinski definition) is 1. The van der Waals surface area contributed by atoms with Crippen molar-refractivity contribution in [2.24, 2.45) is 4.99 Å². The van der Waals surface area contributed by atoms with E-state index in [1.165, 1.54) is 23.9 Å². The maximum absolute atomic E-state index is 12.8. The fraction of sp³-hybridized carbons (Fsp3) is 0.190. The van der Waals surface area contributed by atoms with Crippen LogP contribution in [0.2, 0.25) is 0 Å². The number of methoxy groups -OCH3 is 2. The molecule has 0 unspecified atom stereocenters. The SMILES string of the molecule is CCN1C(=O)/C(=C\c2cc(OC)ccc2OC)SC1=Nc1ccc(C(=O)O)cc1. The summed E-state index contributed by atoms with van der Waals surface area (Å²) in [5, 5.41) is 9.55. The summed E-state index contributed by atoms with van der Waals surface area (Å²) in [6.07, 6.45) is 1.76. The lowest BCUT2D eigenvalue weighted by atomic mass is 10.1. The van der Waals surface area contributed by atoms with Gasteiger partial charge in [0.05, 0.1) is 30.4 Å². The Morgan fingerprint density at radius 1 is 1.17 bits per heavy atom. The van der Waals surface area contributed by atoms with Crippen LogP contribution in [0, 0.1) is 0 Å². The Balaban J connectivity index is 1.95. The Morgan fingerprint density at radius 3 is 2.48 bits per heavy atom. The third-order valence-electron chi connectivity index (χ3n) is 4.27. The molecule has 1 fully saturated rings. The number of benzene rings is 2. The van der Waals surface area contributed by atoms with Gasteiger partial charge >= 0.3 is 5.97 Å². The molecule has 0 aliphatic carbocycles. The van der Waals surface area contributed by atoms with Gasteiger partial charge in [-0.15, -0.1) is 0 Å². The minimum absolute atomic E-state index is 0.150. The first-order valence-corrected chi connectivity index (χ1v) is 9.64. The fourth-order valence-electron chi connectivity index (χ4n) is 2.75. The van der Waals surface area contributed by atoms with E-state index in [4.69, 9.17) is 14.6 Å². The number of likely N-dealkylation sites (N-methyl/N-ethyl adjacent to an activating group) is 1. The van der Waals surface area contributed by atoms with Crippen LogP contribution in [0.1, 0.15) is 22.8 Å². The van der Waals surface area contributed by atoms with Crippen molar-refractivity contribution >= 4 is 40.6 Å². The smallest absolute Gasteiger partial charge is 0.335 e. The van der Waals surface area contributed by atoms with Crippen molar-refractivity contribution in [1.29, 1.82) is 0 Å². The quantitative estimate of drug-likeness (QED) is 0.721. The van der Waals surface area contributed by atoms with Gasteiger partial charge in [0.25, 0.3) is 5.91 Å². The van der Waals surface area contributed by atoms with Gasteiger partial charge in [0, 0.05) is 12.1 Å². The second-order valence-electron chi connectivity index (χ2n) is 6.01. The highest BCUT2D eigenvalue weighted by Crippen LogP contribution is 2.36. The summed E-state index contributed by atoms with van der Waals surface area (Å²) in [6, 6.07) is 11.6. The first kappa shape index (κ1) is 20.5. The number of carbonyl (C=O) groups is 2. The number of nitrogens with zero attached hydrogens (tertiary/aromatic N) is 2. The number of aliphatic imine (C=N–C) groups is 1. The fourth-order valence-corrected chi connectivity index (χ4v) is 3.81. The highest BCUT2D eigenvalue weighted by atomic mass is 32.2. The molecule has 0 saturated carbocycles. The van der Waals surface area contributed by atoms with Crippen molar-refractivity contribution in [3.63, 3.8) is 0 Å². The lowest BCUT2D eigenvalue weighted by Gasteiger charge is -2.12. The van der Waals surface area contributed by atoms with Crippen molar-refractivity contribution < 1.29 is 24.2 Å². The molecule has 3 rings (SSSR count). The normalized spacial score (nSPS) is 16.5. The van der Waals surface area contributed by atoms with Crippen LogP contribution in [0.5, 0.6) is 11.5 Å². The summed E-state index contributed by atoms with van der Waals surface area (Å²) in [6.45, 7) is 2.33. The molecular formula is C21H20N2O5S. The molecule has 1 amide bonds. The minimum atomic E-state index is -0.998. The van der Waals surface area contributed by atoms with Crippen molar-refractivity contribution in [3.8, 4) is 11.5 Å². The largest absolute Gasteiger partial charge is 0.497 e. The Kier molecular flexibility index (Phi) is 6.23. The van der Waals surface area contributed by atoms with Crippen LogP contribution < -0.4 is 9.47 Å². The number of thioether (sulfide) groups is 1. The molecule has 1 aliphatic heterocycles. The van der Waals surface area contributed by atoms with Crippen LogP contribution in [0.4, 0.5) is 5.69 Å². The number of aromatic carboxylic acids is 1. The van der Waals surface area contributed by atoms with Gasteiger partial charge in [-0.25, -0.2) is 9.79 Å². The van der Waals surface area contributed by atoms with E-state index in [1.54, 1.807) is 55.5 Å². The van der Waals surface area contributed by atoms with Crippen LogP contribution in [-0.2, 0) is 4.79 Å². The molecule has 1 N–H and O–H groups in total. The molecule has 2 aromatic rings. The van der Waals surface area contributed by atoms with E-state index in [0.29, 0.717) is 33.8 Å². The molecule has 2 aromatic carbocycles. The molecular weight excluding hydrogens is 392 g/mol. The zero-order valence-corrected chi connectivity index (χ0v) is 17.0.